The number of nitrogens with zero attached hydrogens (tertiary/aromatic N) is 2. The quantitative estimate of drug-likeness (QED) is 0.247. The number of anilines is 1. The number of amides is 2. The van der Waals surface area contributed by atoms with Gasteiger partial charge in [-0.05, 0) is 48.2 Å². The molecule has 0 aliphatic heterocycles. The number of halogens is 1. The van der Waals surface area contributed by atoms with Gasteiger partial charge in [0, 0.05) is 36.9 Å². The van der Waals surface area contributed by atoms with Crippen LogP contribution in [0.5, 0.6) is 5.75 Å². The number of ether oxygens (including phenoxy) is 1. The van der Waals surface area contributed by atoms with E-state index in [1.807, 2.05) is 61.5 Å². The van der Waals surface area contributed by atoms with Crippen molar-refractivity contribution >= 4 is 43.5 Å². The van der Waals surface area contributed by atoms with Gasteiger partial charge < -0.3 is 15.0 Å². The van der Waals surface area contributed by atoms with E-state index in [1.54, 1.807) is 29.2 Å². The van der Waals surface area contributed by atoms with Crippen LogP contribution in [0.25, 0.3) is 0 Å². The molecule has 0 aromatic heterocycles. The topological polar surface area (TPSA) is 96.0 Å². The molecule has 0 saturated heterocycles. The minimum atomic E-state index is -3.64. The van der Waals surface area contributed by atoms with Gasteiger partial charge in [0.05, 0.1) is 19.1 Å². The van der Waals surface area contributed by atoms with E-state index < -0.39 is 16.1 Å². The fourth-order valence-electron chi connectivity index (χ4n) is 4.57. The number of hydrogen-bond donors (Lipinski definition) is 1. The second-order valence-corrected chi connectivity index (χ2v) is 12.6. The van der Waals surface area contributed by atoms with Gasteiger partial charge in [0.2, 0.25) is 21.8 Å². The summed E-state index contributed by atoms with van der Waals surface area (Å²) in [5.74, 6) is -0.0204. The van der Waals surface area contributed by atoms with Gasteiger partial charge >= 0.3 is 0 Å². The molecule has 0 aliphatic carbocycles. The summed E-state index contributed by atoms with van der Waals surface area (Å²) in [6.07, 6.45) is 2.57. The Morgan fingerprint density at radius 2 is 1.66 bits per heavy atom. The van der Waals surface area contributed by atoms with Crippen molar-refractivity contribution in [3.05, 3.63) is 94.5 Å². The van der Waals surface area contributed by atoms with Crippen molar-refractivity contribution in [1.29, 1.82) is 0 Å². The standard InChI is InChI=1S/C31H38BrN3O5S/c1-4-19-33-31(37)28(22-24-12-6-5-7-13-24)34(23-25-14-10-15-26(32)21-25)30(36)18-11-20-35(41(3,38)39)27-16-8-9-17-29(27)40-2/h5-10,12-17,21,28H,4,11,18-20,22-23H2,1-3H3,(H,33,37)/t28-/m0/s1. The molecule has 1 atom stereocenters. The Hall–Kier alpha value is -3.37. The molecule has 0 fully saturated rings. The Labute approximate surface area is 251 Å². The van der Waals surface area contributed by atoms with E-state index in [-0.39, 0.29) is 37.7 Å². The van der Waals surface area contributed by atoms with Crippen molar-refractivity contribution in [2.45, 2.75) is 45.2 Å². The molecule has 220 valence electrons. The Balaban J connectivity index is 1.88. The summed E-state index contributed by atoms with van der Waals surface area (Å²) < 4.78 is 32.9. The van der Waals surface area contributed by atoms with Crippen LogP contribution in [0.4, 0.5) is 5.69 Å². The second kappa shape index (κ2) is 15.6. The highest BCUT2D eigenvalue weighted by molar-refractivity contribution is 9.10. The minimum Gasteiger partial charge on any atom is -0.495 e. The maximum atomic E-state index is 13.9. The molecule has 8 nitrogen and oxygen atoms in total. The Morgan fingerprint density at radius 3 is 2.32 bits per heavy atom. The third-order valence-corrected chi connectivity index (χ3v) is 8.24. The van der Waals surface area contributed by atoms with Crippen LogP contribution < -0.4 is 14.4 Å². The first-order chi connectivity index (χ1) is 19.6. The number of methoxy groups -OCH3 is 1. The summed E-state index contributed by atoms with van der Waals surface area (Å²) in [5.41, 5.74) is 2.23. The summed E-state index contributed by atoms with van der Waals surface area (Å²) in [5, 5.41) is 2.97. The number of carbonyl (C=O) groups excluding carboxylic acids is 2. The van der Waals surface area contributed by atoms with Crippen LogP contribution in [0.15, 0.2) is 83.3 Å². The normalized spacial score (nSPS) is 11.9. The number of hydrogen-bond acceptors (Lipinski definition) is 5. The average Bonchev–Trinajstić information content (AvgIpc) is 2.95. The average molecular weight is 645 g/mol. The summed E-state index contributed by atoms with van der Waals surface area (Å²) in [6.45, 7) is 2.80. The first kappa shape index (κ1) is 32.1. The molecular weight excluding hydrogens is 606 g/mol. The molecule has 3 aromatic rings. The summed E-state index contributed by atoms with van der Waals surface area (Å²) in [4.78, 5) is 29.0. The number of carbonyl (C=O) groups is 2. The van der Waals surface area contributed by atoms with E-state index in [2.05, 4.69) is 21.2 Å². The Bertz CT molecular complexity index is 1400. The minimum absolute atomic E-state index is 0.0571. The van der Waals surface area contributed by atoms with Crippen LogP contribution in [0.2, 0.25) is 0 Å². The maximum absolute atomic E-state index is 13.9. The molecule has 1 N–H and O–H groups in total. The number of benzene rings is 3. The molecule has 41 heavy (non-hydrogen) atoms. The molecule has 10 heteroatoms. The van der Waals surface area contributed by atoms with Gasteiger partial charge in [-0.2, -0.15) is 0 Å². The summed E-state index contributed by atoms with van der Waals surface area (Å²) >= 11 is 3.50. The van der Waals surface area contributed by atoms with Gasteiger partial charge in [-0.1, -0.05) is 77.5 Å². The van der Waals surface area contributed by atoms with Crippen LogP contribution >= 0.6 is 15.9 Å². The van der Waals surface area contributed by atoms with Gasteiger partial charge in [-0.3, -0.25) is 13.9 Å². The van der Waals surface area contributed by atoms with Gasteiger partial charge in [-0.25, -0.2) is 8.42 Å². The lowest BCUT2D eigenvalue weighted by molar-refractivity contribution is -0.141. The van der Waals surface area contributed by atoms with E-state index in [0.29, 0.717) is 24.4 Å². The highest BCUT2D eigenvalue weighted by Gasteiger charge is 2.30. The maximum Gasteiger partial charge on any atom is 0.243 e. The number of rotatable bonds is 15. The van der Waals surface area contributed by atoms with E-state index in [1.165, 1.54) is 11.4 Å². The summed E-state index contributed by atoms with van der Waals surface area (Å²) in [6, 6.07) is 23.4. The molecule has 0 unspecified atom stereocenters. The fourth-order valence-corrected chi connectivity index (χ4v) is 5.99. The zero-order valence-corrected chi connectivity index (χ0v) is 26.2. The van der Waals surface area contributed by atoms with E-state index in [0.717, 1.165) is 28.3 Å². The molecule has 0 spiro atoms. The third-order valence-electron chi connectivity index (χ3n) is 6.57. The van der Waals surface area contributed by atoms with Crippen molar-refractivity contribution < 1.29 is 22.7 Å². The van der Waals surface area contributed by atoms with Gasteiger partial charge in [0.15, 0.2) is 0 Å². The molecule has 0 heterocycles. The predicted octanol–water partition coefficient (Wildman–Crippen LogP) is 5.17. The predicted molar refractivity (Wildman–Crippen MR) is 166 cm³/mol. The molecule has 3 aromatic carbocycles. The Kier molecular flexibility index (Phi) is 12.2. The van der Waals surface area contributed by atoms with Crippen molar-refractivity contribution in [2.75, 3.05) is 30.8 Å². The number of sulfonamides is 1. The van der Waals surface area contributed by atoms with Crippen molar-refractivity contribution in [2.24, 2.45) is 0 Å². The second-order valence-electron chi connectivity index (χ2n) is 9.76. The van der Waals surface area contributed by atoms with Crippen LogP contribution in [0, 0.1) is 0 Å². The van der Waals surface area contributed by atoms with Crippen LogP contribution in [0.1, 0.15) is 37.3 Å². The number of nitrogens with one attached hydrogen (secondary N) is 1. The van der Waals surface area contributed by atoms with Crippen LogP contribution in [0.3, 0.4) is 0 Å². The van der Waals surface area contributed by atoms with Crippen LogP contribution in [-0.4, -0.2) is 57.6 Å². The van der Waals surface area contributed by atoms with E-state index in [4.69, 9.17) is 4.74 Å². The SMILES string of the molecule is CCCNC(=O)[C@H](Cc1ccccc1)N(Cc1cccc(Br)c1)C(=O)CCCN(c1ccccc1OC)S(C)(=O)=O. The smallest absolute Gasteiger partial charge is 0.243 e. The Morgan fingerprint density at radius 1 is 0.976 bits per heavy atom. The fraction of sp³-hybridized carbons (Fsp3) is 0.355. The molecule has 0 bridgehead atoms. The molecule has 0 aliphatic rings. The van der Waals surface area contributed by atoms with Gasteiger partial charge in [0.25, 0.3) is 0 Å². The monoisotopic (exact) mass is 643 g/mol. The van der Waals surface area contributed by atoms with Crippen molar-refractivity contribution in [3.8, 4) is 5.75 Å². The molecular formula is C31H38BrN3O5S. The van der Waals surface area contributed by atoms with E-state index >= 15 is 0 Å². The van der Waals surface area contributed by atoms with Crippen molar-refractivity contribution in [3.63, 3.8) is 0 Å². The lowest BCUT2D eigenvalue weighted by atomic mass is 10.0. The summed E-state index contributed by atoms with van der Waals surface area (Å²) in [7, 11) is -2.16. The van der Waals surface area contributed by atoms with Crippen LogP contribution in [-0.2, 0) is 32.6 Å². The van der Waals surface area contributed by atoms with Crippen molar-refractivity contribution in [1.82, 2.24) is 10.2 Å². The van der Waals surface area contributed by atoms with E-state index in [9.17, 15) is 18.0 Å². The molecule has 0 radical (unpaired) electrons. The third kappa shape index (κ3) is 9.60. The number of para-hydroxylation sites is 2. The lowest BCUT2D eigenvalue weighted by Crippen LogP contribution is -2.50. The lowest BCUT2D eigenvalue weighted by Gasteiger charge is -2.32. The molecule has 3 rings (SSSR count). The van der Waals surface area contributed by atoms with Gasteiger partial charge in [0.1, 0.15) is 11.8 Å². The van der Waals surface area contributed by atoms with Gasteiger partial charge in [-0.15, -0.1) is 0 Å². The largest absolute Gasteiger partial charge is 0.495 e. The zero-order chi connectivity index (χ0) is 29.8. The first-order valence-corrected chi connectivity index (χ1v) is 16.2. The first-order valence-electron chi connectivity index (χ1n) is 13.6. The molecule has 0 saturated carbocycles. The highest BCUT2D eigenvalue weighted by atomic mass is 79.9. The molecule has 2 amide bonds. The highest BCUT2D eigenvalue weighted by Crippen LogP contribution is 2.30. The zero-order valence-electron chi connectivity index (χ0n) is 23.8.